The number of hydrogen-bond donors (Lipinski definition) is 2. The Morgan fingerprint density at radius 1 is 1.44 bits per heavy atom. The molecule has 3 nitrogen and oxygen atoms in total. The van der Waals surface area contributed by atoms with Gasteiger partial charge in [-0.15, -0.1) is 0 Å². The van der Waals surface area contributed by atoms with Gasteiger partial charge in [0.05, 0.1) is 12.7 Å². The van der Waals surface area contributed by atoms with Crippen molar-refractivity contribution < 1.29 is 9.84 Å². The summed E-state index contributed by atoms with van der Waals surface area (Å²) in [4.78, 5) is 0. The molecule has 0 spiro atoms. The van der Waals surface area contributed by atoms with E-state index in [1.807, 2.05) is 19.1 Å². The van der Waals surface area contributed by atoms with Crippen LogP contribution in [0, 0.1) is 5.92 Å². The third-order valence-electron chi connectivity index (χ3n) is 3.49. The molecule has 18 heavy (non-hydrogen) atoms. The Kier molecular flexibility index (Phi) is 4.61. The van der Waals surface area contributed by atoms with E-state index in [-0.39, 0.29) is 6.10 Å². The summed E-state index contributed by atoms with van der Waals surface area (Å²) in [7, 11) is 0. The van der Waals surface area contributed by atoms with Crippen molar-refractivity contribution >= 4 is 0 Å². The van der Waals surface area contributed by atoms with Crippen LogP contribution in [0.15, 0.2) is 24.3 Å². The lowest BCUT2D eigenvalue weighted by atomic mass is 9.92. The standard InChI is InChI=1S/C15H23NO2/c1-11-10-18-14-8-4-3-7-13(14)15(11)16-9-5-6-12(2)17/h3-4,7-8,11-12,15-17H,5-6,9-10H2,1-2H3. The Morgan fingerprint density at radius 3 is 3.00 bits per heavy atom. The van der Waals surface area contributed by atoms with E-state index in [0.29, 0.717) is 12.0 Å². The molecule has 1 aromatic carbocycles. The van der Waals surface area contributed by atoms with Gasteiger partial charge >= 0.3 is 0 Å². The van der Waals surface area contributed by atoms with E-state index in [1.165, 1.54) is 5.56 Å². The normalized spacial score (nSPS) is 24.2. The molecular weight excluding hydrogens is 226 g/mol. The molecule has 1 aliphatic heterocycles. The lowest BCUT2D eigenvalue weighted by Gasteiger charge is -2.32. The minimum absolute atomic E-state index is 0.203. The molecule has 3 unspecified atom stereocenters. The zero-order valence-corrected chi connectivity index (χ0v) is 11.2. The maximum absolute atomic E-state index is 9.25. The van der Waals surface area contributed by atoms with Gasteiger partial charge in [0.2, 0.25) is 0 Å². The molecule has 2 rings (SSSR count). The van der Waals surface area contributed by atoms with Crippen molar-refractivity contribution in [3.63, 3.8) is 0 Å². The predicted octanol–water partition coefficient (Wildman–Crippen LogP) is 2.51. The first-order valence-electron chi connectivity index (χ1n) is 6.81. The fourth-order valence-corrected chi connectivity index (χ4v) is 2.46. The molecule has 1 aromatic rings. The van der Waals surface area contributed by atoms with Crippen LogP contribution in [0.3, 0.4) is 0 Å². The van der Waals surface area contributed by atoms with E-state index in [9.17, 15) is 5.11 Å². The van der Waals surface area contributed by atoms with Gasteiger partial charge in [-0.25, -0.2) is 0 Å². The van der Waals surface area contributed by atoms with Crippen LogP contribution in [0.2, 0.25) is 0 Å². The van der Waals surface area contributed by atoms with E-state index in [0.717, 1.165) is 31.7 Å². The molecule has 0 fully saturated rings. The topological polar surface area (TPSA) is 41.5 Å². The van der Waals surface area contributed by atoms with Crippen molar-refractivity contribution in [3.8, 4) is 5.75 Å². The molecule has 0 saturated heterocycles. The van der Waals surface area contributed by atoms with Gasteiger partial charge in [0, 0.05) is 17.5 Å². The minimum atomic E-state index is -0.203. The molecule has 0 amide bonds. The Hall–Kier alpha value is -1.06. The predicted molar refractivity (Wildman–Crippen MR) is 72.8 cm³/mol. The maximum atomic E-state index is 9.25. The van der Waals surface area contributed by atoms with E-state index in [1.54, 1.807) is 0 Å². The summed E-state index contributed by atoms with van der Waals surface area (Å²) in [5, 5.41) is 12.8. The fraction of sp³-hybridized carbons (Fsp3) is 0.600. The number of hydrogen-bond acceptors (Lipinski definition) is 3. The summed E-state index contributed by atoms with van der Waals surface area (Å²) < 4.78 is 5.73. The number of para-hydroxylation sites is 1. The Balaban J connectivity index is 1.94. The second-order valence-electron chi connectivity index (χ2n) is 5.25. The van der Waals surface area contributed by atoms with Crippen LogP contribution in [0.1, 0.15) is 38.3 Å². The van der Waals surface area contributed by atoms with E-state index < -0.39 is 0 Å². The first-order chi connectivity index (χ1) is 8.68. The van der Waals surface area contributed by atoms with Gasteiger partial charge in [-0.1, -0.05) is 25.1 Å². The molecule has 0 aromatic heterocycles. The van der Waals surface area contributed by atoms with Crippen molar-refractivity contribution in [1.29, 1.82) is 0 Å². The van der Waals surface area contributed by atoms with Gasteiger partial charge in [0.15, 0.2) is 0 Å². The third-order valence-corrected chi connectivity index (χ3v) is 3.49. The van der Waals surface area contributed by atoms with E-state index in [2.05, 4.69) is 24.4 Å². The number of benzene rings is 1. The minimum Gasteiger partial charge on any atom is -0.493 e. The first kappa shape index (κ1) is 13.4. The summed E-state index contributed by atoms with van der Waals surface area (Å²) in [5.41, 5.74) is 1.26. The highest BCUT2D eigenvalue weighted by Gasteiger charge is 2.26. The summed E-state index contributed by atoms with van der Waals surface area (Å²) in [6.07, 6.45) is 1.65. The zero-order chi connectivity index (χ0) is 13.0. The lowest BCUT2D eigenvalue weighted by molar-refractivity contribution is 0.172. The van der Waals surface area contributed by atoms with Crippen LogP contribution in [0.25, 0.3) is 0 Å². The molecule has 1 aliphatic rings. The van der Waals surface area contributed by atoms with Crippen molar-refractivity contribution in [2.24, 2.45) is 5.92 Å². The Bertz CT molecular complexity index is 379. The largest absolute Gasteiger partial charge is 0.493 e. The molecule has 3 heteroatoms. The number of fused-ring (bicyclic) bond motifs is 1. The molecule has 1 heterocycles. The van der Waals surface area contributed by atoms with Crippen LogP contribution in [-0.4, -0.2) is 24.4 Å². The smallest absolute Gasteiger partial charge is 0.124 e. The van der Waals surface area contributed by atoms with Crippen molar-refractivity contribution in [1.82, 2.24) is 5.32 Å². The van der Waals surface area contributed by atoms with Crippen LogP contribution < -0.4 is 10.1 Å². The average molecular weight is 249 g/mol. The van der Waals surface area contributed by atoms with Gasteiger partial charge in [-0.05, 0) is 32.4 Å². The lowest BCUT2D eigenvalue weighted by Crippen LogP contribution is -2.34. The van der Waals surface area contributed by atoms with Crippen LogP contribution >= 0.6 is 0 Å². The van der Waals surface area contributed by atoms with Crippen LogP contribution in [0.4, 0.5) is 0 Å². The highest BCUT2D eigenvalue weighted by atomic mass is 16.5. The SMILES string of the molecule is CC(O)CCCNC1c2ccccc2OCC1C. The molecule has 2 N–H and O–H groups in total. The molecule has 0 aliphatic carbocycles. The first-order valence-corrected chi connectivity index (χ1v) is 6.81. The second-order valence-corrected chi connectivity index (χ2v) is 5.25. The van der Waals surface area contributed by atoms with Crippen LogP contribution in [-0.2, 0) is 0 Å². The van der Waals surface area contributed by atoms with Crippen molar-refractivity contribution in [2.75, 3.05) is 13.2 Å². The van der Waals surface area contributed by atoms with Gasteiger partial charge in [-0.2, -0.15) is 0 Å². The summed E-state index contributed by atoms with van der Waals surface area (Å²) in [6, 6.07) is 8.61. The molecule has 0 saturated carbocycles. The van der Waals surface area contributed by atoms with Gasteiger partial charge in [0.1, 0.15) is 5.75 Å². The molecular formula is C15H23NO2. The number of aliphatic hydroxyl groups is 1. The summed E-state index contributed by atoms with van der Waals surface area (Å²) in [6.45, 7) is 5.76. The highest BCUT2D eigenvalue weighted by molar-refractivity contribution is 5.37. The van der Waals surface area contributed by atoms with Crippen molar-refractivity contribution in [3.05, 3.63) is 29.8 Å². The monoisotopic (exact) mass is 249 g/mol. The Labute approximate surface area is 109 Å². The fourth-order valence-electron chi connectivity index (χ4n) is 2.46. The molecule has 0 radical (unpaired) electrons. The van der Waals surface area contributed by atoms with Gasteiger partial charge in [0.25, 0.3) is 0 Å². The molecule has 3 atom stereocenters. The maximum Gasteiger partial charge on any atom is 0.124 e. The van der Waals surface area contributed by atoms with Crippen molar-refractivity contribution in [2.45, 2.75) is 38.8 Å². The number of ether oxygens (including phenoxy) is 1. The second kappa shape index (κ2) is 6.21. The quantitative estimate of drug-likeness (QED) is 0.788. The number of nitrogens with one attached hydrogen (secondary N) is 1. The van der Waals surface area contributed by atoms with Crippen LogP contribution in [0.5, 0.6) is 5.75 Å². The summed E-state index contributed by atoms with van der Waals surface area (Å²) in [5.74, 6) is 1.48. The zero-order valence-electron chi connectivity index (χ0n) is 11.2. The molecule has 100 valence electrons. The van der Waals surface area contributed by atoms with Gasteiger partial charge in [-0.3, -0.25) is 0 Å². The highest BCUT2D eigenvalue weighted by Crippen LogP contribution is 2.34. The Morgan fingerprint density at radius 2 is 2.22 bits per heavy atom. The average Bonchev–Trinajstić information content (AvgIpc) is 2.36. The molecule has 0 bridgehead atoms. The van der Waals surface area contributed by atoms with Gasteiger partial charge < -0.3 is 15.2 Å². The van der Waals surface area contributed by atoms with E-state index in [4.69, 9.17) is 4.74 Å². The number of rotatable bonds is 5. The number of aliphatic hydroxyl groups excluding tert-OH is 1. The van der Waals surface area contributed by atoms with E-state index >= 15 is 0 Å². The third kappa shape index (κ3) is 3.24. The summed E-state index contributed by atoms with van der Waals surface area (Å²) >= 11 is 0.